The van der Waals surface area contributed by atoms with Crippen LogP contribution in [0.4, 0.5) is 5.69 Å². The van der Waals surface area contributed by atoms with Gasteiger partial charge in [-0.25, -0.2) is 0 Å². The lowest BCUT2D eigenvalue weighted by Gasteiger charge is -2.36. The molecule has 0 radical (unpaired) electrons. The molecule has 0 saturated carbocycles. The van der Waals surface area contributed by atoms with Gasteiger partial charge >= 0.3 is 5.97 Å². The molecule has 1 N–H and O–H groups in total. The molecule has 1 aromatic carbocycles. The first-order valence-corrected chi connectivity index (χ1v) is 4.70. The van der Waals surface area contributed by atoms with Crippen LogP contribution in [0.15, 0.2) is 24.3 Å². The molecule has 4 nitrogen and oxygen atoms in total. The summed E-state index contributed by atoms with van der Waals surface area (Å²) in [6.45, 7) is 2.21. The van der Waals surface area contributed by atoms with Crippen LogP contribution < -0.4 is 4.90 Å². The predicted molar refractivity (Wildman–Crippen MR) is 54.7 cm³/mol. The van der Waals surface area contributed by atoms with Gasteiger partial charge in [-0.05, 0) is 24.6 Å². The smallest absolute Gasteiger partial charge is 0.317 e. The highest BCUT2D eigenvalue weighted by Gasteiger charge is 2.42. The minimum Gasteiger partial charge on any atom is -0.481 e. The van der Waals surface area contributed by atoms with E-state index in [9.17, 15) is 9.59 Å². The second kappa shape index (κ2) is 3.38. The maximum Gasteiger partial charge on any atom is 0.317 e. The Hall–Kier alpha value is -1.84. The molecule has 2 rings (SSSR count). The number of aliphatic carboxylic acids is 1. The molecular weight excluding hydrogens is 194 g/mol. The minimum absolute atomic E-state index is 0.275. The Morgan fingerprint density at radius 1 is 1.53 bits per heavy atom. The number of nitrogens with zero attached hydrogens (tertiary/aromatic N) is 1. The lowest BCUT2D eigenvalue weighted by Crippen LogP contribution is -2.56. The van der Waals surface area contributed by atoms with Gasteiger partial charge in [0.1, 0.15) is 0 Å². The first-order chi connectivity index (χ1) is 7.09. The SMILES string of the molecule is Cc1cccc(N2CC(C(=O)O)C2=O)c1. The van der Waals surface area contributed by atoms with E-state index >= 15 is 0 Å². The highest BCUT2D eigenvalue weighted by Crippen LogP contribution is 2.26. The molecule has 1 fully saturated rings. The number of anilines is 1. The topological polar surface area (TPSA) is 57.6 Å². The summed E-state index contributed by atoms with van der Waals surface area (Å²) in [4.78, 5) is 23.5. The minimum atomic E-state index is -1.04. The molecule has 1 aromatic rings. The Labute approximate surface area is 87.1 Å². The van der Waals surface area contributed by atoms with Crippen LogP contribution in [-0.4, -0.2) is 23.5 Å². The van der Waals surface area contributed by atoms with Gasteiger partial charge in [-0.15, -0.1) is 0 Å². The van der Waals surface area contributed by atoms with Crippen LogP contribution in [0.3, 0.4) is 0 Å². The lowest BCUT2D eigenvalue weighted by molar-refractivity contribution is -0.149. The molecule has 1 unspecified atom stereocenters. The number of β-lactam (4-membered cyclic amide) rings is 1. The van der Waals surface area contributed by atoms with E-state index < -0.39 is 11.9 Å². The van der Waals surface area contributed by atoms with E-state index in [2.05, 4.69) is 0 Å². The zero-order valence-corrected chi connectivity index (χ0v) is 8.30. The van der Waals surface area contributed by atoms with Gasteiger partial charge in [0, 0.05) is 12.2 Å². The quantitative estimate of drug-likeness (QED) is 0.579. The molecule has 1 aliphatic rings. The zero-order valence-electron chi connectivity index (χ0n) is 8.30. The van der Waals surface area contributed by atoms with E-state index in [1.54, 1.807) is 0 Å². The van der Waals surface area contributed by atoms with Gasteiger partial charge in [0.2, 0.25) is 5.91 Å². The van der Waals surface area contributed by atoms with Crippen LogP contribution >= 0.6 is 0 Å². The van der Waals surface area contributed by atoms with Crippen molar-refractivity contribution in [3.05, 3.63) is 29.8 Å². The van der Waals surface area contributed by atoms with Crippen LogP contribution in [0.5, 0.6) is 0 Å². The summed E-state index contributed by atoms with van der Waals surface area (Å²) in [7, 11) is 0. The van der Waals surface area contributed by atoms with Crippen LogP contribution in [0.1, 0.15) is 5.56 Å². The molecule has 0 bridgehead atoms. The van der Waals surface area contributed by atoms with Crippen LogP contribution in [0.2, 0.25) is 0 Å². The monoisotopic (exact) mass is 205 g/mol. The molecule has 0 aromatic heterocycles. The normalized spacial score (nSPS) is 19.9. The molecule has 15 heavy (non-hydrogen) atoms. The summed E-state index contributed by atoms with van der Waals surface area (Å²) in [6, 6.07) is 7.47. The molecule has 0 aliphatic carbocycles. The van der Waals surface area contributed by atoms with E-state index in [-0.39, 0.29) is 12.5 Å². The van der Waals surface area contributed by atoms with Gasteiger partial charge in [0.05, 0.1) is 0 Å². The number of hydrogen-bond acceptors (Lipinski definition) is 2. The molecular formula is C11H11NO3. The highest BCUT2D eigenvalue weighted by atomic mass is 16.4. The Bertz CT molecular complexity index is 428. The van der Waals surface area contributed by atoms with E-state index in [1.165, 1.54) is 4.90 Å². The summed E-state index contributed by atoms with van der Waals surface area (Å²) in [6.07, 6.45) is 0. The second-order valence-electron chi connectivity index (χ2n) is 3.68. The molecule has 78 valence electrons. The van der Waals surface area contributed by atoms with Crippen molar-refractivity contribution in [2.45, 2.75) is 6.92 Å². The number of carbonyl (C=O) groups excluding carboxylic acids is 1. The van der Waals surface area contributed by atoms with Crippen molar-refractivity contribution in [2.24, 2.45) is 5.92 Å². The van der Waals surface area contributed by atoms with Crippen molar-refractivity contribution in [1.29, 1.82) is 0 Å². The Balaban J connectivity index is 2.16. The van der Waals surface area contributed by atoms with Gasteiger partial charge in [-0.1, -0.05) is 12.1 Å². The largest absolute Gasteiger partial charge is 0.481 e. The highest BCUT2D eigenvalue weighted by molar-refractivity contribution is 6.12. The van der Waals surface area contributed by atoms with Gasteiger partial charge < -0.3 is 10.0 Å². The van der Waals surface area contributed by atoms with Crippen molar-refractivity contribution >= 4 is 17.6 Å². The predicted octanol–water partition coefficient (Wildman–Crippen LogP) is 1.04. The van der Waals surface area contributed by atoms with Crippen molar-refractivity contribution in [3.8, 4) is 0 Å². The van der Waals surface area contributed by atoms with Crippen molar-refractivity contribution in [3.63, 3.8) is 0 Å². The maximum atomic E-state index is 11.5. The first-order valence-electron chi connectivity index (χ1n) is 4.70. The number of rotatable bonds is 2. The van der Waals surface area contributed by atoms with Gasteiger partial charge in [0.15, 0.2) is 5.92 Å². The van der Waals surface area contributed by atoms with Gasteiger partial charge in [-0.3, -0.25) is 9.59 Å². The third-order valence-electron chi connectivity index (χ3n) is 2.54. The summed E-state index contributed by atoms with van der Waals surface area (Å²) in [5.74, 6) is -2.22. The summed E-state index contributed by atoms with van der Waals surface area (Å²) in [5, 5.41) is 8.68. The zero-order chi connectivity index (χ0) is 11.0. The first kappa shape index (κ1) is 9.71. The number of carboxylic acid groups (broad SMARTS) is 1. The maximum absolute atomic E-state index is 11.5. The fraction of sp³-hybridized carbons (Fsp3) is 0.273. The van der Waals surface area contributed by atoms with E-state index in [0.717, 1.165) is 11.3 Å². The summed E-state index contributed by atoms with van der Waals surface area (Å²) < 4.78 is 0. The van der Waals surface area contributed by atoms with Crippen molar-refractivity contribution in [2.75, 3.05) is 11.4 Å². The molecule has 1 aliphatic heterocycles. The number of benzene rings is 1. The second-order valence-corrected chi connectivity index (χ2v) is 3.68. The summed E-state index contributed by atoms with van der Waals surface area (Å²) in [5.41, 5.74) is 1.83. The average molecular weight is 205 g/mol. The third-order valence-corrected chi connectivity index (χ3v) is 2.54. The van der Waals surface area contributed by atoms with Crippen LogP contribution in [0.25, 0.3) is 0 Å². The Morgan fingerprint density at radius 2 is 2.27 bits per heavy atom. The molecule has 1 atom stereocenters. The fourth-order valence-electron chi connectivity index (χ4n) is 1.64. The number of aryl methyl sites for hydroxylation is 1. The van der Waals surface area contributed by atoms with E-state index in [1.807, 2.05) is 31.2 Å². The van der Waals surface area contributed by atoms with E-state index in [4.69, 9.17) is 5.11 Å². The van der Waals surface area contributed by atoms with Gasteiger partial charge in [0.25, 0.3) is 0 Å². The lowest BCUT2D eigenvalue weighted by atomic mass is 9.98. The number of carboxylic acids is 1. The fourth-order valence-corrected chi connectivity index (χ4v) is 1.64. The number of amides is 1. The van der Waals surface area contributed by atoms with Crippen LogP contribution in [-0.2, 0) is 9.59 Å². The van der Waals surface area contributed by atoms with Crippen molar-refractivity contribution < 1.29 is 14.7 Å². The average Bonchev–Trinajstić information content (AvgIpc) is 2.15. The molecule has 0 spiro atoms. The van der Waals surface area contributed by atoms with Crippen LogP contribution in [0, 0.1) is 12.8 Å². The molecule has 1 amide bonds. The molecule has 4 heteroatoms. The molecule has 1 heterocycles. The standard InChI is InChI=1S/C11H11NO3/c1-7-3-2-4-8(5-7)12-6-9(10(12)13)11(14)15/h2-5,9H,6H2,1H3,(H,14,15). The van der Waals surface area contributed by atoms with E-state index in [0.29, 0.717) is 0 Å². The number of carbonyl (C=O) groups is 2. The third kappa shape index (κ3) is 1.58. The van der Waals surface area contributed by atoms with Crippen molar-refractivity contribution in [1.82, 2.24) is 0 Å². The molecule has 1 saturated heterocycles. The van der Waals surface area contributed by atoms with Gasteiger partial charge in [-0.2, -0.15) is 0 Å². The summed E-state index contributed by atoms with van der Waals surface area (Å²) >= 11 is 0. The Kier molecular flexibility index (Phi) is 2.19. The number of hydrogen-bond donors (Lipinski definition) is 1. The Morgan fingerprint density at radius 3 is 2.80 bits per heavy atom.